The first-order valence-electron chi connectivity index (χ1n) is 23.4. The van der Waals surface area contributed by atoms with Gasteiger partial charge in [0, 0.05) is 40.7 Å². The second-order valence-electron chi connectivity index (χ2n) is 18.3. The average Bonchev–Trinajstić information content (AvgIpc) is 4.43. The number of imidazole rings is 3. The first-order valence-corrected chi connectivity index (χ1v) is 29.3. The standard InChI is InChI=1S/C37H52N16O24P4/c1-49(2)18(54)6-14-15(72-33(22(14)55)53-13-50(3)21-30(53)46-37(40)48-32(21)58)7-70-79(61,62)76-81(65,66)77-80(63,64)71-9-17-24(26(68-5)35(74-17)51-11-43-19-27(38)41-10-42-28(19)51)75-78(59,60)69-8-16-23(56)25(67-4)34(73-16)52-12-44-20-29(52)45-36(39)47-31(20)57/h10-17,22-26,33-35,55-56H,6-9H2,1-5H3,(H11-,38,39,40,41,42,45,46,47,48,57,58,59,60,61,62,63,64,65,66)/p+1/t14-,15-,16-,17-,22-,23-,24-,25-,26-,33-,34-,35-/m1/s1. The van der Waals surface area contributed by atoms with Gasteiger partial charge in [0.25, 0.3) is 17.1 Å². The quantitative estimate of drug-likeness (QED) is 0.0234. The highest BCUT2D eigenvalue weighted by atomic mass is 31.3. The number of aryl methyl sites for hydroxylation is 1. The first-order chi connectivity index (χ1) is 38.0. The van der Waals surface area contributed by atoms with Crippen molar-refractivity contribution >= 4 is 88.4 Å². The number of aromatic nitrogens is 12. The van der Waals surface area contributed by atoms with Crippen LogP contribution in [0.25, 0.3) is 33.5 Å². The summed E-state index contributed by atoms with van der Waals surface area (Å²) in [7, 11) is -16.9. The molecule has 0 aliphatic carbocycles. The van der Waals surface area contributed by atoms with E-state index in [1.807, 2.05) is 0 Å². The number of anilines is 3. The molecule has 0 bridgehead atoms. The van der Waals surface area contributed by atoms with Gasteiger partial charge in [-0.3, -0.25) is 56.1 Å². The number of rotatable bonds is 22. The minimum Gasteiger partial charge on any atom is -0.387 e. The number of amides is 1. The van der Waals surface area contributed by atoms with Crippen LogP contribution in [0.5, 0.6) is 0 Å². The summed E-state index contributed by atoms with van der Waals surface area (Å²) in [5, 5.41) is 22.7. The molecule has 3 fully saturated rings. The Kier molecular flexibility index (Phi) is 16.9. The van der Waals surface area contributed by atoms with Crippen LogP contribution < -0.4 is 32.9 Å². The van der Waals surface area contributed by atoms with Crippen LogP contribution in [0.15, 0.2) is 34.9 Å². The molecule has 40 nitrogen and oxygen atoms in total. The van der Waals surface area contributed by atoms with Gasteiger partial charge in [-0.2, -0.15) is 13.6 Å². The highest BCUT2D eigenvalue weighted by Crippen LogP contribution is 2.68. The van der Waals surface area contributed by atoms with E-state index in [4.69, 9.17) is 59.0 Å². The predicted octanol–water partition coefficient (Wildman–Crippen LogP) is -3.32. The van der Waals surface area contributed by atoms with E-state index in [1.165, 1.54) is 57.7 Å². The van der Waals surface area contributed by atoms with Crippen molar-refractivity contribution in [2.45, 2.75) is 73.9 Å². The summed E-state index contributed by atoms with van der Waals surface area (Å²) in [6.07, 6.45) is -12.6. The number of nitrogen functional groups attached to an aromatic ring is 3. The molecule has 44 heteroatoms. The van der Waals surface area contributed by atoms with Crippen LogP contribution in [0.3, 0.4) is 0 Å². The SMILES string of the molecule is CO[C@@H]1[C@H](O)[C@@H](COP(=O)(O)O[C@H]2[C@@H](OC)[C@H](n3cnc4c(N)ncnc43)O[C@@H]2COP(=O)(O)OP(=O)(O)OP(=O)(O)OC[C@H]2O[C@@H]([n+]3cn(C)c4c(=O)[nH]c(N)nc43)[C@H](O)[C@@H]2CC(=O)N(C)C)O[C@H]1n1cnc2c(=O)[nH]c(N)nc21. The van der Waals surface area contributed by atoms with Crippen LogP contribution in [0.1, 0.15) is 25.1 Å². The zero-order valence-electron chi connectivity index (χ0n) is 42.5. The van der Waals surface area contributed by atoms with E-state index in [9.17, 15) is 62.4 Å². The van der Waals surface area contributed by atoms with E-state index >= 15 is 0 Å². The predicted molar refractivity (Wildman–Crippen MR) is 265 cm³/mol. The maximum absolute atomic E-state index is 13.8. The van der Waals surface area contributed by atoms with Crippen molar-refractivity contribution in [1.82, 2.24) is 58.5 Å². The van der Waals surface area contributed by atoms with E-state index in [2.05, 4.69) is 48.5 Å². The van der Waals surface area contributed by atoms with E-state index in [1.54, 1.807) is 0 Å². The van der Waals surface area contributed by atoms with E-state index in [-0.39, 0.29) is 51.2 Å². The second-order valence-corrected chi connectivity index (χ2v) is 24.4. The zero-order valence-corrected chi connectivity index (χ0v) is 46.1. The maximum Gasteiger partial charge on any atom is 0.490 e. The van der Waals surface area contributed by atoms with Gasteiger partial charge in [0.2, 0.25) is 23.6 Å². The van der Waals surface area contributed by atoms with Crippen molar-refractivity contribution in [3.05, 3.63) is 46.0 Å². The zero-order chi connectivity index (χ0) is 58.8. The molecule has 81 heavy (non-hydrogen) atoms. The van der Waals surface area contributed by atoms with Gasteiger partial charge in [-0.05, 0) is 0 Å². The van der Waals surface area contributed by atoms with Gasteiger partial charge < -0.3 is 75.6 Å². The number of aliphatic hydroxyl groups is 2. The molecule has 1 amide bonds. The Morgan fingerprint density at radius 2 is 1.28 bits per heavy atom. The molecule has 444 valence electrons. The number of H-pyrrole nitrogens is 2. The first kappa shape index (κ1) is 60.0. The van der Waals surface area contributed by atoms with Gasteiger partial charge in [-0.25, -0.2) is 42.8 Å². The van der Waals surface area contributed by atoms with Crippen LogP contribution in [-0.2, 0) is 80.5 Å². The Labute approximate surface area is 452 Å². The van der Waals surface area contributed by atoms with Gasteiger partial charge in [0.15, 0.2) is 41.4 Å². The third-order valence-corrected chi connectivity index (χ3v) is 18.1. The molecule has 3 aliphatic rings. The fourth-order valence-corrected chi connectivity index (χ4v) is 13.7. The molecule has 16 atom stereocenters. The Morgan fingerprint density at radius 1 is 0.716 bits per heavy atom. The van der Waals surface area contributed by atoms with Gasteiger partial charge >= 0.3 is 36.9 Å². The molecule has 4 unspecified atom stereocenters. The highest BCUT2D eigenvalue weighted by Gasteiger charge is 2.54. The Morgan fingerprint density at radius 3 is 1.94 bits per heavy atom. The van der Waals surface area contributed by atoms with Crippen LogP contribution in [0.2, 0.25) is 0 Å². The fraction of sp³-hybridized carbons (Fsp3) is 0.568. The van der Waals surface area contributed by atoms with E-state index < -0.39 is 148 Å². The lowest BCUT2D eigenvalue weighted by Gasteiger charge is -2.26. The van der Waals surface area contributed by atoms with Crippen LogP contribution in [-0.4, -0.2) is 191 Å². The third kappa shape index (κ3) is 12.4. The number of carbonyl (C=O) groups is 1. The number of hydrogen-bond acceptors (Lipinski definition) is 29. The number of methoxy groups -OCH3 is 2. The normalized spacial score (nSPS) is 29.0. The molecule has 14 N–H and O–H groups in total. The largest absolute Gasteiger partial charge is 0.490 e. The summed E-state index contributed by atoms with van der Waals surface area (Å²) >= 11 is 0. The van der Waals surface area contributed by atoms with Gasteiger partial charge in [0.1, 0.15) is 54.6 Å². The van der Waals surface area contributed by atoms with Gasteiger partial charge in [-0.15, -0.1) is 0 Å². The molecule has 0 spiro atoms. The second kappa shape index (κ2) is 22.8. The lowest BCUT2D eigenvalue weighted by atomic mass is 9.94. The molecule has 9 rings (SSSR count). The van der Waals surface area contributed by atoms with Crippen molar-refractivity contribution in [3.8, 4) is 0 Å². The summed E-state index contributed by atoms with van der Waals surface area (Å²) in [5.74, 6) is -2.44. The number of hydrogen-bond donors (Lipinski definition) is 11. The molecular formula is C37H53N16O24P4+. The summed E-state index contributed by atoms with van der Waals surface area (Å²) < 4.78 is 117. The number of aliphatic hydroxyl groups excluding tert-OH is 2. The Balaban J connectivity index is 0.883. The topological polar surface area (TPSA) is 551 Å². The van der Waals surface area contributed by atoms with Crippen LogP contribution >= 0.6 is 31.3 Å². The van der Waals surface area contributed by atoms with Gasteiger partial charge in [0.05, 0.1) is 45.6 Å². The number of nitrogens with two attached hydrogens (primary N) is 3. The molecule has 6 aromatic rings. The fourth-order valence-electron chi connectivity index (χ4n) is 9.25. The number of carbonyl (C=O) groups excluding carboxylic acids is 1. The minimum absolute atomic E-state index is 0.00542. The number of aromatic amines is 2. The number of fused-ring (bicyclic) bond motifs is 3. The van der Waals surface area contributed by atoms with E-state index in [0.717, 1.165) is 26.1 Å². The summed E-state index contributed by atoms with van der Waals surface area (Å²) in [6.45, 7) is -3.21. The van der Waals surface area contributed by atoms with Crippen molar-refractivity contribution in [2.75, 3.05) is 65.3 Å². The van der Waals surface area contributed by atoms with Crippen molar-refractivity contribution in [2.24, 2.45) is 13.0 Å². The molecule has 3 saturated heterocycles. The number of nitrogens with zero attached hydrogens (tertiary/aromatic N) is 11. The molecule has 9 heterocycles. The summed E-state index contributed by atoms with van der Waals surface area (Å²) in [4.78, 5) is 111. The average molecular weight is 1230 g/mol. The summed E-state index contributed by atoms with van der Waals surface area (Å²) in [6, 6.07) is 0. The molecule has 0 aromatic carbocycles. The van der Waals surface area contributed by atoms with E-state index in [0.29, 0.717) is 0 Å². The molecule has 6 aromatic heterocycles. The lowest BCUT2D eigenvalue weighted by Crippen LogP contribution is -2.45. The van der Waals surface area contributed by atoms with Crippen molar-refractivity contribution in [1.29, 1.82) is 0 Å². The molecule has 3 aliphatic heterocycles. The monoisotopic (exact) mass is 1230 g/mol. The number of ether oxygens (including phenoxy) is 5. The van der Waals surface area contributed by atoms with Crippen molar-refractivity contribution < 1.29 is 108 Å². The van der Waals surface area contributed by atoms with Crippen LogP contribution in [0.4, 0.5) is 17.7 Å². The highest BCUT2D eigenvalue weighted by molar-refractivity contribution is 7.66. The molecule has 0 radical (unpaired) electrons. The maximum atomic E-state index is 13.8. The molecule has 0 saturated carbocycles. The number of phosphoric acid groups is 4. The Hall–Kier alpha value is -5.64. The van der Waals surface area contributed by atoms with Gasteiger partial charge in [-0.1, -0.05) is 4.98 Å². The van der Waals surface area contributed by atoms with Crippen LogP contribution in [0, 0.1) is 5.92 Å². The number of nitrogens with one attached hydrogen (secondary N) is 2. The smallest absolute Gasteiger partial charge is 0.387 e. The van der Waals surface area contributed by atoms with Crippen molar-refractivity contribution in [3.63, 3.8) is 0 Å². The molecular weight excluding hydrogens is 1180 g/mol. The summed E-state index contributed by atoms with van der Waals surface area (Å²) in [5.41, 5.74) is 15.9. The third-order valence-electron chi connectivity index (χ3n) is 12.9. The lowest BCUT2D eigenvalue weighted by molar-refractivity contribution is -0.745. The Bertz CT molecular complexity index is 3670. The minimum atomic E-state index is -6.23. The number of phosphoric ester groups is 3.